The normalized spacial score (nSPS) is 20.1. The molecule has 1 unspecified atom stereocenters. The van der Waals surface area contributed by atoms with E-state index >= 15 is 0 Å². The van der Waals surface area contributed by atoms with Crippen molar-refractivity contribution in [2.45, 2.75) is 36.9 Å². The maximum Gasteiger partial charge on any atom is 0.275 e. The molecule has 1 aromatic rings. The molecule has 106 valence electrons. The molecule has 0 aliphatic heterocycles. The van der Waals surface area contributed by atoms with E-state index in [1.54, 1.807) is 6.07 Å². The third-order valence-electron chi connectivity index (χ3n) is 3.21. The highest BCUT2D eigenvalue weighted by molar-refractivity contribution is 7.88. The van der Waals surface area contributed by atoms with Crippen LogP contribution in [0.15, 0.2) is 33.8 Å². The lowest BCUT2D eigenvalue weighted by Gasteiger charge is -2.18. The maximum atomic E-state index is 11.9. The van der Waals surface area contributed by atoms with Crippen LogP contribution in [0.4, 0.5) is 0 Å². The molecule has 5 nitrogen and oxygen atoms in total. The van der Waals surface area contributed by atoms with E-state index in [4.69, 9.17) is 4.42 Å². The Balaban J connectivity index is 1.96. The van der Waals surface area contributed by atoms with E-state index < -0.39 is 10.0 Å². The Morgan fingerprint density at radius 3 is 2.79 bits per heavy atom. The molecular weight excluding hydrogens is 264 g/mol. The average molecular weight is 284 g/mol. The van der Waals surface area contributed by atoms with Crippen LogP contribution in [0.5, 0.6) is 0 Å². The van der Waals surface area contributed by atoms with Gasteiger partial charge in [0.15, 0.2) is 0 Å². The molecule has 1 atom stereocenters. The fraction of sp³-hybridized carbons (Fsp3) is 0.538. The smallest absolute Gasteiger partial charge is 0.275 e. The Morgan fingerprint density at radius 2 is 2.16 bits per heavy atom. The highest BCUT2D eigenvalue weighted by Crippen LogP contribution is 2.17. The molecule has 0 spiro atoms. The summed E-state index contributed by atoms with van der Waals surface area (Å²) in [6.45, 7) is 0.557. The minimum Gasteiger partial charge on any atom is -0.447 e. The van der Waals surface area contributed by atoms with Gasteiger partial charge in [-0.1, -0.05) is 12.2 Å². The van der Waals surface area contributed by atoms with E-state index in [-0.39, 0.29) is 5.09 Å². The number of nitrogens with one attached hydrogen (secondary N) is 1. The van der Waals surface area contributed by atoms with Crippen molar-refractivity contribution in [2.75, 3.05) is 14.1 Å². The fourth-order valence-corrected chi connectivity index (χ4v) is 2.81. The second-order valence-electron chi connectivity index (χ2n) is 4.87. The highest BCUT2D eigenvalue weighted by atomic mass is 32.2. The maximum absolute atomic E-state index is 11.9. The first-order valence-electron chi connectivity index (χ1n) is 6.40. The van der Waals surface area contributed by atoms with Gasteiger partial charge in [0.1, 0.15) is 5.76 Å². The number of furan rings is 1. The van der Waals surface area contributed by atoms with Gasteiger partial charge in [0.25, 0.3) is 10.0 Å². The highest BCUT2D eigenvalue weighted by Gasteiger charge is 2.21. The second-order valence-corrected chi connectivity index (χ2v) is 6.95. The third kappa shape index (κ3) is 3.46. The molecule has 6 heteroatoms. The summed E-state index contributed by atoms with van der Waals surface area (Å²) in [5.41, 5.74) is 0. The molecule has 0 bridgehead atoms. The van der Waals surface area contributed by atoms with Gasteiger partial charge in [0, 0.05) is 20.1 Å². The lowest BCUT2D eigenvalue weighted by molar-refractivity contribution is 0.372. The van der Waals surface area contributed by atoms with E-state index in [9.17, 15) is 8.42 Å². The van der Waals surface area contributed by atoms with E-state index in [1.165, 1.54) is 20.2 Å². The van der Waals surface area contributed by atoms with Crippen LogP contribution in [-0.2, 0) is 16.6 Å². The standard InChI is InChI=1S/C13H20N2O3S/c1-15(2)19(16,17)13-9-8-12(18-13)10-14-11-6-4-3-5-7-11/h3-4,8-9,11,14H,5-7,10H2,1-2H3. The monoisotopic (exact) mass is 284 g/mol. The molecule has 19 heavy (non-hydrogen) atoms. The molecule has 0 amide bonds. The SMILES string of the molecule is CN(C)S(=O)(=O)c1ccc(CNC2CC=CCC2)o1. The first kappa shape index (κ1) is 14.3. The first-order chi connectivity index (χ1) is 9.00. The van der Waals surface area contributed by atoms with Gasteiger partial charge in [-0.25, -0.2) is 12.7 Å². The molecular formula is C13H20N2O3S. The van der Waals surface area contributed by atoms with Crippen LogP contribution in [0.3, 0.4) is 0 Å². The van der Waals surface area contributed by atoms with Gasteiger partial charge in [-0.15, -0.1) is 0 Å². The van der Waals surface area contributed by atoms with Crippen molar-refractivity contribution in [3.8, 4) is 0 Å². The minimum atomic E-state index is -3.47. The fourth-order valence-electron chi connectivity index (χ4n) is 2.00. The molecule has 0 saturated heterocycles. The zero-order valence-corrected chi connectivity index (χ0v) is 12.1. The number of hydrogen-bond donors (Lipinski definition) is 1. The molecule has 0 fully saturated rings. The first-order valence-corrected chi connectivity index (χ1v) is 7.84. The summed E-state index contributed by atoms with van der Waals surface area (Å²) in [4.78, 5) is 0. The summed E-state index contributed by atoms with van der Waals surface area (Å²) in [6.07, 6.45) is 7.58. The van der Waals surface area contributed by atoms with Gasteiger partial charge < -0.3 is 9.73 Å². The van der Waals surface area contributed by atoms with E-state index in [0.717, 1.165) is 23.6 Å². The van der Waals surface area contributed by atoms with Crippen molar-refractivity contribution in [3.63, 3.8) is 0 Å². The van der Waals surface area contributed by atoms with Crippen LogP contribution >= 0.6 is 0 Å². The molecule has 0 radical (unpaired) electrons. The van der Waals surface area contributed by atoms with E-state index in [0.29, 0.717) is 18.3 Å². The van der Waals surface area contributed by atoms with Crippen LogP contribution in [0.25, 0.3) is 0 Å². The molecule has 1 aliphatic carbocycles. The van der Waals surface area contributed by atoms with Crippen molar-refractivity contribution in [1.82, 2.24) is 9.62 Å². The van der Waals surface area contributed by atoms with Gasteiger partial charge in [-0.05, 0) is 31.4 Å². The lowest BCUT2D eigenvalue weighted by atomic mass is 10.0. The van der Waals surface area contributed by atoms with Gasteiger partial charge in [0.05, 0.1) is 6.54 Å². The molecule has 1 N–H and O–H groups in total. The predicted octanol–water partition coefficient (Wildman–Crippen LogP) is 1.73. The summed E-state index contributed by atoms with van der Waals surface area (Å²) in [6, 6.07) is 3.67. The topological polar surface area (TPSA) is 62.6 Å². The average Bonchev–Trinajstić information content (AvgIpc) is 2.87. The van der Waals surface area contributed by atoms with Gasteiger partial charge in [-0.2, -0.15) is 0 Å². The van der Waals surface area contributed by atoms with Gasteiger partial charge in [0.2, 0.25) is 5.09 Å². The Morgan fingerprint density at radius 1 is 1.37 bits per heavy atom. The summed E-state index contributed by atoms with van der Waals surface area (Å²) < 4.78 is 30.2. The van der Waals surface area contributed by atoms with Crippen molar-refractivity contribution < 1.29 is 12.8 Å². The van der Waals surface area contributed by atoms with E-state index in [1.807, 2.05) is 0 Å². The van der Waals surface area contributed by atoms with Crippen LogP contribution in [0.2, 0.25) is 0 Å². The van der Waals surface area contributed by atoms with Crippen LogP contribution in [-0.4, -0.2) is 32.9 Å². The summed E-state index contributed by atoms with van der Waals surface area (Å²) >= 11 is 0. The largest absolute Gasteiger partial charge is 0.447 e. The Hall–Kier alpha value is -1.11. The van der Waals surface area contributed by atoms with Gasteiger partial charge in [-0.3, -0.25) is 0 Å². The number of sulfonamides is 1. The second kappa shape index (κ2) is 5.90. The predicted molar refractivity (Wildman–Crippen MR) is 73.2 cm³/mol. The van der Waals surface area contributed by atoms with Gasteiger partial charge >= 0.3 is 0 Å². The molecule has 1 heterocycles. The molecule has 2 rings (SSSR count). The number of nitrogens with zero attached hydrogens (tertiary/aromatic N) is 1. The molecule has 0 saturated carbocycles. The van der Waals surface area contributed by atoms with Crippen molar-refractivity contribution in [2.24, 2.45) is 0 Å². The van der Waals surface area contributed by atoms with Crippen molar-refractivity contribution >= 4 is 10.0 Å². The Kier molecular flexibility index (Phi) is 4.44. The van der Waals surface area contributed by atoms with Crippen LogP contribution < -0.4 is 5.32 Å². The quantitative estimate of drug-likeness (QED) is 0.836. The van der Waals surface area contributed by atoms with Crippen LogP contribution in [0.1, 0.15) is 25.0 Å². The summed E-state index contributed by atoms with van der Waals surface area (Å²) in [5.74, 6) is 0.648. The summed E-state index contributed by atoms with van der Waals surface area (Å²) in [5, 5.41) is 3.38. The van der Waals surface area contributed by atoms with E-state index in [2.05, 4.69) is 17.5 Å². The lowest BCUT2D eigenvalue weighted by Crippen LogP contribution is -2.29. The Labute approximate surface area is 114 Å². The zero-order chi connectivity index (χ0) is 13.9. The summed E-state index contributed by atoms with van der Waals surface area (Å²) in [7, 11) is -0.491. The molecule has 0 aromatic carbocycles. The number of hydrogen-bond acceptors (Lipinski definition) is 4. The molecule has 1 aromatic heterocycles. The minimum absolute atomic E-state index is 0.00200. The molecule has 1 aliphatic rings. The van der Waals surface area contributed by atoms with Crippen molar-refractivity contribution in [3.05, 3.63) is 30.0 Å². The number of allylic oxidation sites excluding steroid dienone is 1. The Bertz CT molecular complexity index is 546. The number of rotatable bonds is 5. The van der Waals surface area contributed by atoms with Crippen molar-refractivity contribution in [1.29, 1.82) is 0 Å². The van der Waals surface area contributed by atoms with Crippen LogP contribution in [0, 0.1) is 0 Å². The third-order valence-corrected chi connectivity index (χ3v) is 4.90. The zero-order valence-electron chi connectivity index (χ0n) is 11.3.